The van der Waals surface area contributed by atoms with E-state index in [1.165, 1.54) is 12.8 Å². The number of nitrogens with two attached hydrogens (primary N) is 1. The molecule has 0 radical (unpaired) electrons. The minimum atomic E-state index is -0.892. The molecule has 0 bridgehead atoms. The van der Waals surface area contributed by atoms with E-state index in [-0.39, 0.29) is 6.61 Å². The maximum atomic E-state index is 11.3. The Kier molecular flexibility index (Phi) is 4.52. The van der Waals surface area contributed by atoms with Gasteiger partial charge < -0.3 is 15.8 Å². The number of pyridine rings is 1. The van der Waals surface area contributed by atoms with Gasteiger partial charge in [-0.05, 0) is 31.9 Å². The Morgan fingerprint density at radius 2 is 2.20 bits per heavy atom. The molecule has 1 aliphatic rings. The number of urea groups is 1. The number of nitrogens with one attached hydrogen (secondary N) is 2. The highest BCUT2D eigenvalue weighted by molar-refractivity contribution is 5.94. The van der Waals surface area contributed by atoms with Crippen molar-refractivity contribution in [2.75, 3.05) is 6.61 Å². The van der Waals surface area contributed by atoms with Crippen LogP contribution in [0.3, 0.4) is 0 Å². The predicted octanol–water partition coefficient (Wildman–Crippen LogP) is 0.216. The first kappa shape index (κ1) is 14.3. The van der Waals surface area contributed by atoms with Gasteiger partial charge in [0.05, 0.1) is 5.69 Å². The molecule has 0 saturated heterocycles. The summed E-state index contributed by atoms with van der Waals surface area (Å²) in [7, 11) is 0. The predicted molar refractivity (Wildman–Crippen MR) is 72.1 cm³/mol. The number of carbonyl (C=O) groups is 2. The number of hydrogen-bond donors (Lipinski definition) is 3. The lowest BCUT2D eigenvalue weighted by Crippen LogP contribution is -2.38. The van der Waals surface area contributed by atoms with Crippen molar-refractivity contribution < 1.29 is 14.3 Å². The highest BCUT2D eigenvalue weighted by atomic mass is 16.5. The van der Waals surface area contributed by atoms with Gasteiger partial charge in [-0.15, -0.1) is 0 Å². The van der Waals surface area contributed by atoms with Crippen molar-refractivity contribution >= 4 is 11.9 Å². The van der Waals surface area contributed by atoms with Crippen molar-refractivity contribution in [1.82, 2.24) is 15.6 Å². The second-order valence-corrected chi connectivity index (χ2v) is 4.75. The Morgan fingerprint density at radius 3 is 2.85 bits per heavy atom. The highest BCUT2D eigenvalue weighted by Crippen LogP contribution is 2.22. The second-order valence-electron chi connectivity index (χ2n) is 4.75. The van der Waals surface area contributed by atoms with Crippen LogP contribution in [-0.2, 0) is 11.3 Å². The Hall–Kier alpha value is -2.15. The van der Waals surface area contributed by atoms with E-state index in [0.29, 0.717) is 18.3 Å². The number of primary amides is 1. The van der Waals surface area contributed by atoms with Gasteiger partial charge in [0.2, 0.25) is 0 Å². The molecule has 0 aliphatic heterocycles. The zero-order chi connectivity index (χ0) is 14.5. The number of hydrogen-bond acceptors (Lipinski definition) is 5. The van der Waals surface area contributed by atoms with Gasteiger partial charge in [0.15, 0.2) is 6.61 Å². The average Bonchev–Trinajstić information content (AvgIpc) is 3.18. The van der Waals surface area contributed by atoms with E-state index < -0.39 is 11.9 Å². The highest BCUT2D eigenvalue weighted by Gasteiger charge is 2.21. The molecule has 1 heterocycles. The molecule has 1 saturated carbocycles. The van der Waals surface area contributed by atoms with Crippen LogP contribution in [0.1, 0.15) is 24.2 Å². The fourth-order valence-corrected chi connectivity index (χ4v) is 1.70. The molecule has 0 atom stereocenters. The summed E-state index contributed by atoms with van der Waals surface area (Å²) in [6.45, 7) is 2.22. The Labute approximate surface area is 116 Å². The van der Waals surface area contributed by atoms with Crippen LogP contribution in [0, 0.1) is 6.92 Å². The van der Waals surface area contributed by atoms with Crippen molar-refractivity contribution in [3.8, 4) is 5.75 Å². The van der Waals surface area contributed by atoms with E-state index in [4.69, 9.17) is 10.5 Å². The van der Waals surface area contributed by atoms with Gasteiger partial charge >= 0.3 is 6.03 Å². The van der Waals surface area contributed by atoms with Crippen molar-refractivity contribution in [2.24, 2.45) is 5.73 Å². The van der Waals surface area contributed by atoms with Crippen LogP contribution in [-0.4, -0.2) is 29.6 Å². The molecule has 7 nitrogen and oxygen atoms in total. The first-order chi connectivity index (χ1) is 9.54. The molecule has 108 valence electrons. The molecule has 20 heavy (non-hydrogen) atoms. The SMILES string of the molecule is Cc1ccc(OCC(=O)NC(N)=O)c(CNC2CC2)n1. The quantitative estimate of drug-likeness (QED) is 0.690. The molecule has 4 N–H and O–H groups in total. The van der Waals surface area contributed by atoms with E-state index >= 15 is 0 Å². The summed E-state index contributed by atoms with van der Waals surface area (Å²) in [5.41, 5.74) is 6.49. The Bertz CT molecular complexity index is 514. The fourth-order valence-electron chi connectivity index (χ4n) is 1.70. The lowest BCUT2D eigenvalue weighted by molar-refractivity contribution is -0.121. The molecule has 3 amide bonds. The van der Waals surface area contributed by atoms with E-state index in [1.54, 1.807) is 6.07 Å². The Balaban J connectivity index is 1.94. The second kappa shape index (κ2) is 6.33. The standard InChI is InChI=1S/C13H18N4O3/c1-8-2-5-11(20-7-12(18)17-13(14)19)10(16-8)6-15-9-3-4-9/h2,5,9,15H,3-4,6-7H2,1H3,(H3,14,17,18,19). The zero-order valence-corrected chi connectivity index (χ0v) is 11.3. The molecular formula is C13H18N4O3. The first-order valence-electron chi connectivity index (χ1n) is 6.46. The zero-order valence-electron chi connectivity index (χ0n) is 11.3. The van der Waals surface area contributed by atoms with Crippen molar-refractivity contribution in [2.45, 2.75) is 32.4 Å². The smallest absolute Gasteiger partial charge is 0.318 e. The summed E-state index contributed by atoms with van der Waals surface area (Å²) in [5.74, 6) is -0.0532. The third-order valence-electron chi connectivity index (χ3n) is 2.83. The molecule has 2 rings (SSSR count). The fraction of sp³-hybridized carbons (Fsp3) is 0.462. The van der Waals surface area contributed by atoms with E-state index in [0.717, 1.165) is 11.4 Å². The topological polar surface area (TPSA) is 106 Å². The van der Waals surface area contributed by atoms with E-state index in [1.807, 2.05) is 18.3 Å². The van der Waals surface area contributed by atoms with Gasteiger partial charge in [-0.1, -0.05) is 0 Å². The van der Waals surface area contributed by atoms with Crippen LogP contribution in [0.25, 0.3) is 0 Å². The molecule has 1 aliphatic carbocycles. The maximum absolute atomic E-state index is 11.3. The summed E-state index contributed by atoms with van der Waals surface area (Å²) < 4.78 is 5.39. The minimum Gasteiger partial charge on any atom is -0.482 e. The van der Waals surface area contributed by atoms with E-state index in [2.05, 4.69) is 10.3 Å². The first-order valence-corrected chi connectivity index (χ1v) is 6.46. The summed E-state index contributed by atoms with van der Waals surface area (Å²) in [6, 6.07) is 3.24. The Morgan fingerprint density at radius 1 is 1.45 bits per heavy atom. The van der Waals surface area contributed by atoms with Crippen LogP contribution < -0.4 is 21.1 Å². The van der Waals surface area contributed by atoms with Crippen molar-refractivity contribution in [3.05, 3.63) is 23.5 Å². The van der Waals surface area contributed by atoms with Crippen LogP contribution in [0.15, 0.2) is 12.1 Å². The normalized spacial score (nSPS) is 13.8. The summed E-state index contributed by atoms with van der Waals surface area (Å²) in [5, 5.41) is 5.29. The monoisotopic (exact) mass is 278 g/mol. The molecule has 1 aromatic heterocycles. The minimum absolute atomic E-state index is 0.274. The largest absolute Gasteiger partial charge is 0.482 e. The molecule has 0 spiro atoms. The van der Waals surface area contributed by atoms with Crippen LogP contribution in [0.4, 0.5) is 4.79 Å². The number of imide groups is 1. The number of ether oxygens (including phenoxy) is 1. The lowest BCUT2D eigenvalue weighted by atomic mass is 10.3. The van der Waals surface area contributed by atoms with Gasteiger partial charge in [0.1, 0.15) is 5.75 Å². The molecule has 0 aromatic carbocycles. The lowest BCUT2D eigenvalue weighted by Gasteiger charge is -2.11. The molecule has 0 unspecified atom stereocenters. The summed E-state index contributed by atoms with van der Waals surface area (Å²) in [4.78, 5) is 26.2. The number of aryl methyl sites for hydroxylation is 1. The molecule has 1 fully saturated rings. The number of aromatic nitrogens is 1. The molecular weight excluding hydrogens is 260 g/mol. The number of carbonyl (C=O) groups excluding carboxylic acids is 2. The molecule has 1 aromatic rings. The van der Waals surface area contributed by atoms with Gasteiger partial charge in [0, 0.05) is 18.3 Å². The molecule has 7 heteroatoms. The maximum Gasteiger partial charge on any atom is 0.318 e. The van der Waals surface area contributed by atoms with Crippen molar-refractivity contribution in [1.29, 1.82) is 0 Å². The summed E-state index contributed by atoms with van der Waals surface area (Å²) in [6.07, 6.45) is 2.37. The number of nitrogens with zero attached hydrogens (tertiary/aromatic N) is 1. The third-order valence-corrected chi connectivity index (χ3v) is 2.83. The average molecular weight is 278 g/mol. The van der Waals surface area contributed by atoms with Gasteiger partial charge in [-0.25, -0.2) is 4.79 Å². The number of amides is 3. The van der Waals surface area contributed by atoms with Crippen LogP contribution in [0.5, 0.6) is 5.75 Å². The van der Waals surface area contributed by atoms with Crippen molar-refractivity contribution in [3.63, 3.8) is 0 Å². The van der Waals surface area contributed by atoms with Crippen LogP contribution in [0.2, 0.25) is 0 Å². The van der Waals surface area contributed by atoms with Gasteiger partial charge in [-0.3, -0.25) is 15.1 Å². The van der Waals surface area contributed by atoms with E-state index in [9.17, 15) is 9.59 Å². The van der Waals surface area contributed by atoms with Gasteiger partial charge in [0.25, 0.3) is 5.91 Å². The third kappa shape index (κ3) is 4.51. The number of rotatable bonds is 6. The van der Waals surface area contributed by atoms with Crippen LogP contribution >= 0.6 is 0 Å². The van der Waals surface area contributed by atoms with Gasteiger partial charge in [-0.2, -0.15) is 0 Å². The summed E-state index contributed by atoms with van der Waals surface area (Å²) >= 11 is 0.